The van der Waals surface area contributed by atoms with Crippen molar-refractivity contribution < 1.29 is 14.0 Å². The average Bonchev–Trinajstić information content (AvgIpc) is 2.70. The first kappa shape index (κ1) is 13.9. The molecule has 5 nitrogen and oxygen atoms in total. The summed E-state index contributed by atoms with van der Waals surface area (Å²) in [5, 5.41) is 7.39. The van der Waals surface area contributed by atoms with Gasteiger partial charge in [0.2, 0.25) is 0 Å². The molecule has 0 amide bonds. The molecule has 1 aliphatic rings. The highest BCUT2D eigenvalue weighted by atomic mass is 16.5. The molecule has 2 aromatic rings. The lowest BCUT2D eigenvalue weighted by molar-refractivity contribution is 0.296. The second-order valence-corrected chi connectivity index (χ2v) is 5.20. The van der Waals surface area contributed by atoms with E-state index in [4.69, 9.17) is 14.0 Å². The lowest BCUT2D eigenvalue weighted by Crippen LogP contribution is -2.14. The number of hydrogen-bond acceptors (Lipinski definition) is 5. The fourth-order valence-corrected chi connectivity index (χ4v) is 2.47. The van der Waals surface area contributed by atoms with Crippen molar-refractivity contribution in [2.45, 2.75) is 33.4 Å². The lowest BCUT2D eigenvalue weighted by atomic mass is 10.1. The SMILES string of the molecule is Cc1noc(C)c1CNCc1cccc2c1OCCCO2. The normalized spacial score (nSPS) is 14.0. The third-order valence-electron chi connectivity index (χ3n) is 3.65. The zero-order valence-corrected chi connectivity index (χ0v) is 12.4. The molecule has 0 saturated heterocycles. The van der Waals surface area contributed by atoms with E-state index in [0.717, 1.165) is 53.6 Å². The maximum atomic E-state index is 5.82. The van der Waals surface area contributed by atoms with E-state index in [-0.39, 0.29) is 0 Å². The van der Waals surface area contributed by atoms with E-state index >= 15 is 0 Å². The van der Waals surface area contributed by atoms with Gasteiger partial charge in [0.1, 0.15) is 5.76 Å². The molecule has 3 rings (SSSR count). The van der Waals surface area contributed by atoms with Crippen LogP contribution in [-0.4, -0.2) is 18.4 Å². The number of para-hydroxylation sites is 1. The minimum absolute atomic E-state index is 0.702. The van der Waals surface area contributed by atoms with E-state index in [1.807, 2.05) is 26.0 Å². The summed E-state index contributed by atoms with van der Waals surface area (Å²) < 4.78 is 16.7. The Labute approximate surface area is 124 Å². The summed E-state index contributed by atoms with van der Waals surface area (Å²) >= 11 is 0. The first-order valence-corrected chi connectivity index (χ1v) is 7.25. The Hall–Kier alpha value is -2.01. The minimum atomic E-state index is 0.702. The Kier molecular flexibility index (Phi) is 4.10. The van der Waals surface area contributed by atoms with Gasteiger partial charge in [-0.3, -0.25) is 0 Å². The third-order valence-corrected chi connectivity index (χ3v) is 3.65. The van der Waals surface area contributed by atoms with Crippen molar-refractivity contribution in [3.63, 3.8) is 0 Å². The van der Waals surface area contributed by atoms with E-state index in [2.05, 4.69) is 16.5 Å². The number of nitrogens with zero attached hydrogens (tertiary/aromatic N) is 1. The number of aryl methyl sites for hydroxylation is 2. The standard InChI is InChI=1S/C16H20N2O3/c1-11-14(12(2)21-18-11)10-17-9-13-5-3-6-15-16(13)20-8-4-7-19-15/h3,5-6,17H,4,7-10H2,1-2H3. The molecule has 2 heterocycles. The van der Waals surface area contributed by atoms with Crippen LogP contribution in [-0.2, 0) is 13.1 Å². The lowest BCUT2D eigenvalue weighted by Gasteiger charge is -2.13. The van der Waals surface area contributed by atoms with Gasteiger partial charge < -0.3 is 19.3 Å². The van der Waals surface area contributed by atoms with Crippen LogP contribution < -0.4 is 14.8 Å². The fraction of sp³-hybridized carbons (Fsp3) is 0.438. The van der Waals surface area contributed by atoms with E-state index in [1.54, 1.807) is 0 Å². The molecule has 0 bridgehead atoms. The summed E-state index contributed by atoms with van der Waals surface area (Å²) in [7, 11) is 0. The third kappa shape index (κ3) is 3.03. The van der Waals surface area contributed by atoms with Gasteiger partial charge in [-0.25, -0.2) is 0 Å². The van der Waals surface area contributed by atoms with Crippen molar-refractivity contribution in [1.29, 1.82) is 0 Å². The molecule has 0 saturated carbocycles. The van der Waals surface area contributed by atoms with Gasteiger partial charge in [-0.05, 0) is 19.9 Å². The van der Waals surface area contributed by atoms with Crippen molar-refractivity contribution >= 4 is 0 Å². The number of fused-ring (bicyclic) bond motifs is 1. The molecule has 0 unspecified atom stereocenters. The molecule has 0 atom stereocenters. The van der Waals surface area contributed by atoms with Crippen molar-refractivity contribution in [2.24, 2.45) is 0 Å². The number of nitrogens with one attached hydrogen (secondary N) is 1. The van der Waals surface area contributed by atoms with Crippen LogP contribution in [0.2, 0.25) is 0 Å². The van der Waals surface area contributed by atoms with Gasteiger partial charge in [-0.1, -0.05) is 17.3 Å². The molecule has 1 aromatic heterocycles. The van der Waals surface area contributed by atoms with Crippen LogP contribution in [0.25, 0.3) is 0 Å². The van der Waals surface area contributed by atoms with Gasteiger partial charge in [0, 0.05) is 30.6 Å². The molecule has 1 N–H and O–H groups in total. The summed E-state index contributed by atoms with van der Waals surface area (Å²) in [5.74, 6) is 2.57. The van der Waals surface area contributed by atoms with Gasteiger partial charge in [0.05, 0.1) is 18.9 Å². The largest absolute Gasteiger partial charge is 0.490 e. The molecule has 0 aliphatic carbocycles. The van der Waals surface area contributed by atoms with Crippen molar-refractivity contribution in [3.05, 3.63) is 40.8 Å². The summed E-state index contributed by atoms with van der Waals surface area (Å²) in [6.45, 7) is 6.75. The first-order valence-electron chi connectivity index (χ1n) is 7.25. The fourth-order valence-electron chi connectivity index (χ4n) is 2.47. The highest BCUT2D eigenvalue weighted by molar-refractivity contribution is 5.47. The summed E-state index contributed by atoms with van der Waals surface area (Å²) in [4.78, 5) is 0. The van der Waals surface area contributed by atoms with E-state index in [0.29, 0.717) is 13.2 Å². The second-order valence-electron chi connectivity index (χ2n) is 5.20. The quantitative estimate of drug-likeness (QED) is 0.937. The molecule has 0 radical (unpaired) electrons. The van der Waals surface area contributed by atoms with Crippen LogP contribution in [0.4, 0.5) is 0 Å². The molecule has 5 heteroatoms. The zero-order chi connectivity index (χ0) is 14.7. The number of aromatic nitrogens is 1. The highest BCUT2D eigenvalue weighted by Crippen LogP contribution is 2.33. The number of hydrogen-bond donors (Lipinski definition) is 1. The number of benzene rings is 1. The van der Waals surface area contributed by atoms with Gasteiger partial charge in [-0.2, -0.15) is 0 Å². The Balaban J connectivity index is 1.68. The predicted octanol–water partition coefficient (Wildman–Crippen LogP) is 2.74. The molecule has 0 fully saturated rings. The predicted molar refractivity (Wildman–Crippen MR) is 78.6 cm³/mol. The first-order chi connectivity index (χ1) is 10.3. The van der Waals surface area contributed by atoms with Crippen LogP contribution in [0, 0.1) is 13.8 Å². The van der Waals surface area contributed by atoms with Crippen LogP contribution in [0.5, 0.6) is 11.5 Å². The second kappa shape index (κ2) is 6.18. The summed E-state index contributed by atoms with van der Waals surface area (Å²) in [6, 6.07) is 6.02. The Bertz CT molecular complexity index is 602. The maximum absolute atomic E-state index is 5.82. The van der Waals surface area contributed by atoms with Crippen LogP contribution in [0.1, 0.15) is 29.0 Å². The molecule has 112 valence electrons. The Morgan fingerprint density at radius 1 is 1.14 bits per heavy atom. The Morgan fingerprint density at radius 3 is 2.81 bits per heavy atom. The molecule has 0 spiro atoms. The van der Waals surface area contributed by atoms with E-state index in [1.165, 1.54) is 0 Å². The zero-order valence-electron chi connectivity index (χ0n) is 12.4. The Morgan fingerprint density at radius 2 is 2.00 bits per heavy atom. The van der Waals surface area contributed by atoms with Crippen molar-refractivity contribution in [2.75, 3.05) is 13.2 Å². The number of ether oxygens (including phenoxy) is 2. The molecular weight excluding hydrogens is 268 g/mol. The summed E-state index contributed by atoms with van der Waals surface area (Å²) in [6.07, 6.45) is 0.917. The molecule has 1 aromatic carbocycles. The molecular formula is C16H20N2O3. The van der Waals surface area contributed by atoms with Crippen LogP contribution in [0.15, 0.2) is 22.7 Å². The molecule has 1 aliphatic heterocycles. The summed E-state index contributed by atoms with van der Waals surface area (Å²) in [5.41, 5.74) is 3.17. The van der Waals surface area contributed by atoms with Crippen molar-refractivity contribution in [3.8, 4) is 11.5 Å². The smallest absolute Gasteiger partial charge is 0.165 e. The van der Waals surface area contributed by atoms with Gasteiger partial charge in [0.15, 0.2) is 11.5 Å². The van der Waals surface area contributed by atoms with Crippen LogP contribution >= 0.6 is 0 Å². The van der Waals surface area contributed by atoms with Gasteiger partial charge in [0.25, 0.3) is 0 Å². The number of rotatable bonds is 4. The monoisotopic (exact) mass is 288 g/mol. The minimum Gasteiger partial charge on any atom is -0.490 e. The van der Waals surface area contributed by atoms with Gasteiger partial charge in [-0.15, -0.1) is 0 Å². The maximum Gasteiger partial charge on any atom is 0.165 e. The highest BCUT2D eigenvalue weighted by Gasteiger charge is 2.14. The van der Waals surface area contributed by atoms with Crippen LogP contribution in [0.3, 0.4) is 0 Å². The molecule has 21 heavy (non-hydrogen) atoms. The van der Waals surface area contributed by atoms with E-state index < -0.39 is 0 Å². The van der Waals surface area contributed by atoms with Crippen molar-refractivity contribution in [1.82, 2.24) is 10.5 Å². The van der Waals surface area contributed by atoms with Gasteiger partial charge >= 0.3 is 0 Å². The van der Waals surface area contributed by atoms with E-state index in [9.17, 15) is 0 Å². The average molecular weight is 288 g/mol. The topological polar surface area (TPSA) is 56.5 Å².